The van der Waals surface area contributed by atoms with E-state index in [1.165, 1.54) is 12.1 Å². The van der Waals surface area contributed by atoms with Crippen molar-refractivity contribution in [3.05, 3.63) is 29.6 Å². The third-order valence-corrected chi connectivity index (χ3v) is 3.54. The van der Waals surface area contributed by atoms with Crippen molar-refractivity contribution in [2.75, 3.05) is 24.6 Å². The topological polar surface area (TPSA) is 66.8 Å². The molecule has 0 spiro atoms. The maximum absolute atomic E-state index is 13.5. The van der Waals surface area contributed by atoms with Gasteiger partial charge in [-0.25, -0.2) is 9.18 Å². The molecule has 2 rings (SSSR count). The SMILES string of the molecule is CCOC(=O)C1CCCN(c2cc(F)cc(C(=O)O)c2)C1. The van der Waals surface area contributed by atoms with Gasteiger partial charge < -0.3 is 14.7 Å². The zero-order chi connectivity index (χ0) is 15.4. The number of esters is 1. The van der Waals surface area contributed by atoms with Crippen LogP contribution in [0.3, 0.4) is 0 Å². The molecule has 0 bridgehead atoms. The number of piperidine rings is 1. The van der Waals surface area contributed by atoms with E-state index in [0.717, 1.165) is 18.9 Å². The molecule has 0 amide bonds. The molecule has 1 fully saturated rings. The van der Waals surface area contributed by atoms with Crippen LogP contribution in [-0.4, -0.2) is 36.7 Å². The van der Waals surface area contributed by atoms with Gasteiger partial charge in [0.25, 0.3) is 0 Å². The van der Waals surface area contributed by atoms with Crippen LogP contribution >= 0.6 is 0 Å². The smallest absolute Gasteiger partial charge is 0.335 e. The maximum Gasteiger partial charge on any atom is 0.335 e. The lowest BCUT2D eigenvalue weighted by atomic mass is 9.97. The van der Waals surface area contributed by atoms with Crippen LogP contribution in [0.2, 0.25) is 0 Å². The highest BCUT2D eigenvalue weighted by atomic mass is 19.1. The average molecular weight is 295 g/mol. The maximum atomic E-state index is 13.5. The predicted octanol–water partition coefficient (Wildman–Crippen LogP) is 2.30. The van der Waals surface area contributed by atoms with Crippen LogP contribution in [0.1, 0.15) is 30.1 Å². The minimum absolute atomic E-state index is 0.0942. The number of carbonyl (C=O) groups excluding carboxylic acids is 1. The highest BCUT2D eigenvalue weighted by Gasteiger charge is 2.27. The normalized spacial score (nSPS) is 18.4. The Kier molecular flexibility index (Phi) is 4.77. The first-order chi connectivity index (χ1) is 10.0. The van der Waals surface area contributed by atoms with Crippen molar-refractivity contribution >= 4 is 17.6 Å². The van der Waals surface area contributed by atoms with E-state index in [9.17, 15) is 14.0 Å². The molecule has 1 aliphatic rings. The number of aromatic carboxylic acids is 1. The second-order valence-corrected chi connectivity index (χ2v) is 5.04. The van der Waals surface area contributed by atoms with E-state index < -0.39 is 11.8 Å². The van der Waals surface area contributed by atoms with Gasteiger partial charge in [-0.05, 0) is 38.0 Å². The van der Waals surface area contributed by atoms with Gasteiger partial charge in [-0.3, -0.25) is 4.79 Å². The van der Waals surface area contributed by atoms with Crippen LogP contribution in [0.4, 0.5) is 10.1 Å². The fourth-order valence-corrected chi connectivity index (χ4v) is 2.54. The highest BCUT2D eigenvalue weighted by Crippen LogP contribution is 2.25. The van der Waals surface area contributed by atoms with Crippen LogP contribution in [0.5, 0.6) is 0 Å². The van der Waals surface area contributed by atoms with Gasteiger partial charge in [0.2, 0.25) is 0 Å². The molecule has 1 N–H and O–H groups in total. The van der Waals surface area contributed by atoms with Crippen molar-refractivity contribution < 1.29 is 23.8 Å². The van der Waals surface area contributed by atoms with E-state index in [0.29, 0.717) is 25.4 Å². The Bertz CT molecular complexity index is 546. The van der Waals surface area contributed by atoms with Crippen molar-refractivity contribution in [2.45, 2.75) is 19.8 Å². The lowest BCUT2D eigenvalue weighted by Gasteiger charge is -2.33. The minimum atomic E-state index is -1.17. The predicted molar refractivity (Wildman–Crippen MR) is 74.9 cm³/mol. The first-order valence-corrected chi connectivity index (χ1v) is 6.96. The summed E-state index contributed by atoms with van der Waals surface area (Å²) in [5, 5.41) is 8.98. The number of nitrogens with zero attached hydrogens (tertiary/aromatic N) is 1. The van der Waals surface area contributed by atoms with Gasteiger partial charge in [0, 0.05) is 18.8 Å². The first-order valence-electron chi connectivity index (χ1n) is 6.96. The van der Waals surface area contributed by atoms with Crippen LogP contribution in [0, 0.1) is 11.7 Å². The molecular weight excluding hydrogens is 277 g/mol. The second-order valence-electron chi connectivity index (χ2n) is 5.04. The summed E-state index contributed by atoms with van der Waals surface area (Å²) >= 11 is 0. The summed E-state index contributed by atoms with van der Waals surface area (Å²) in [6.07, 6.45) is 1.51. The zero-order valence-electron chi connectivity index (χ0n) is 11.8. The summed E-state index contributed by atoms with van der Waals surface area (Å²) in [7, 11) is 0. The van der Waals surface area contributed by atoms with Crippen molar-refractivity contribution in [3.8, 4) is 0 Å². The third-order valence-electron chi connectivity index (χ3n) is 3.54. The molecule has 1 unspecified atom stereocenters. The van der Waals surface area contributed by atoms with Gasteiger partial charge >= 0.3 is 11.9 Å². The summed E-state index contributed by atoms with van der Waals surface area (Å²) in [4.78, 5) is 24.6. The number of halogens is 1. The molecule has 1 saturated heterocycles. The summed E-state index contributed by atoms with van der Waals surface area (Å²) in [6.45, 7) is 3.17. The Morgan fingerprint density at radius 2 is 2.19 bits per heavy atom. The first kappa shape index (κ1) is 15.3. The van der Waals surface area contributed by atoms with E-state index in [4.69, 9.17) is 9.84 Å². The van der Waals surface area contributed by atoms with Gasteiger partial charge in [-0.15, -0.1) is 0 Å². The van der Waals surface area contributed by atoms with Gasteiger partial charge in [0.05, 0.1) is 18.1 Å². The fraction of sp³-hybridized carbons (Fsp3) is 0.467. The monoisotopic (exact) mass is 295 g/mol. The quantitative estimate of drug-likeness (QED) is 0.863. The van der Waals surface area contributed by atoms with Crippen LogP contribution < -0.4 is 4.90 Å². The molecule has 21 heavy (non-hydrogen) atoms. The van der Waals surface area contributed by atoms with Crippen molar-refractivity contribution in [1.29, 1.82) is 0 Å². The van der Waals surface area contributed by atoms with E-state index in [1.54, 1.807) is 6.92 Å². The highest BCUT2D eigenvalue weighted by molar-refractivity contribution is 5.89. The number of anilines is 1. The minimum Gasteiger partial charge on any atom is -0.478 e. The molecule has 6 heteroatoms. The Hall–Kier alpha value is -2.11. The third kappa shape index (κ3) is 3.71. The molecule has 0 aromatic heterocycles. The molecule has 5 nitrogen and oxygen atoms in total. The molecule has 1 aromatic carbocycles. The number of hydrogen-bond acceptors (Lipinski definition) is 4. The molecule has 114 valence electrons. The molecule has 1 aromatic rings. The van der Waals surface area contributed by atoms with Gasteiger partial charge in [0.1, 0.15) is 5.82 Å². The zero-order valence-corrected chi connectivity index (χ0v) is 11.8. The van der Waals surface area contributed by atoms with E-state index in [2.05, 4.69) is 0 Å². The largest absolute Gasteiger partial charge is 0.478 e. The lowest BCUT2D eigenvalue weighted by Crippen LogP contribution is -2.39. The summed E-state index contributed by atoms with van der Waals surface area (Å²) in [6, 6.07) is 3.71. The molecule has 1 aliphatic heterocycles. The number of carboxylic acids is 1. The molecule has 1 heterocycles. The summed E-state index contributed by atoms with van der Waals surface area (Å²) in [5.74, 6) is -2.27. The Labute approximate surface area is 122 Å². The van der Waals surface area contributed by atoms with Crippen LogP contribution in [-0.2, 0) is 9.53 Å². The molecule has 1 atom stereocenters. The summed E-state index contributed by atoms with van der Waals surface area (Å²) < 4.78 is 18.6. The van der Waals surface area contributed by atoms with Crippen LogP contribution in [0.15, 0.2) is 18.2 Å². The number of benzene rings is 1. The van der Waals surface area contributed by atoms with Gasteiger partial charge in [0.15, 0.2) is 0 Å². The Morgan fingerprint density at radius 1 is 1.43 bits per heavy atom. The number of hydrogen-bond donors (Lipinski definition) is 1. The van der Waals surface area contributed by atoms with Gasteiger partial charge in [-0.1, -0.05) is 0 Å². The number of ether oxygens (including phenoxy) is 1. The second kappa shape index (κ2) is 6.56. The van der Waals surface area contributed by atoms with E-state index in [-0.39, 0.29) is 17.5 Å². The Balaban J connectivity index is 2.17. The summed E-state index contributed by atoms with van der Waals surface area (Å²) in [5.41, 5.74) is 0.393. The van der Waals surface area contributed by atoms with E-state index in [1.807, 2.05) is 4.90 Å². The molecule has 0 saturated carbocycles. The standard InChI is InChI=1S/C15H18FNO4/c1-2-21-15(20)10-4-3-5-17(9-10)13-7-11(14(18)19)6-12(16)8-13/h6-8,10H,2-5,9H2,1H3,(H,18,19). The number of carbonyl (C=O) groups is 2. The molecular formula is C15H18FNO4. The number of carboxylic acid groups (broad SMARTS) is 1. The fourth-order valence-electron chi connectivity index (χ4n) is 2.54. The van der Waals surface area contributed by atoms with Gasteiger partial charge in [-0.2, -0.15) is 0 Å². The molecule has 0 aliphatic carbocycles. The van der Waals surface area contributed by atoms with Crippen molar-refractivity contribution in [2.24, 2.45) is 5.92 Å². The average Bonchev–Trinajstić information content (AvgIpc) is 2.47. The van der Waals surface area contributed by atoms with Crippen molar-refractivity contribution in [3.63, 3.8) is 0 Å². The van der Waals surface area contributed by atoms with E-state index >= 15 is 0 Å². The van der Waals surface area contributed by atoms with Crippen molar-refractivity contribution in [1.82, 2.24) is 0 Å². The van der Waals surface area contributed by atoms with Crippen LogP contribution in [0.25, 0.3) is 0 Å². The molecule has 0 radical (unpaired) electrons. The lowest BCUT2D eigenvalue weighted by molar-refractivity contribution is -0.148. The Morgan fingerprint density at radius 3 is 2.86 bits per heavy atom. The number of rotatable bonds is 4.